The Morgan fingerprint density at radius 3 is 2.21 bits per heavy atom. The Kier molecular flexibility index (Phi) is 2.23. The fourth-order valence-electron chi connectivity index (χ4n) is 3.59. The highest BCUT2D eigenvalue weighted by Gasteiger charge is 2.61. The maximum Gasteiger partial charge on any atom is 0.0913 e. The number of ether oxygens (including phenoxy) is 1. The molecule has 0 aliphatic heterocycles. The Hall–Kier alpha value is -0.0400. The molecule has 0 saturated heterocycles. The molecule has 81 valence electrons. The lowest BCUT2D eigenvalue weighted by Crippen LogP contribution is -2.37. The normalized spacial score (nSPS) is 45.0. The van der Waals surface area contributed by atoms with Crippen molar-refractivity contribution < 1.29 is 4.74 Å². The van der Waals surface area contributed by atoms with E-state index in [0.29, 0.717) is 16.9 Å². The molecular weight excluding hydrogens is 172 g/mol. The Morgan fingerprint density at radius 1 is 1.21 bits per heavy atom. The van der Waals surface area contributed by atoms with E-state index in [-0.39, 0.29) is 0 Å². The molecule has 2 rings (SSSR count). The van der Waals surface area contributed by atoms with Gasteiger partial charge in [-0.1, -0.05) is 20.8 Å². The lowest BCUT2D eigenvalue weighted by Gasteiger charge is -2.39. The molecule has 14 heavy (non-hydrogen) atoms. The van der Waals surface area contributed by atoms with Gasteiger partial charge in [0.25, 0.3) is 0 Å². The molecule has 2 aliphatic carbocycles. The van der Waals surface area contributed by atoms with E-state index >= 15 is 0 Å². The third-order valence-corrected chi connectivity index (χ3v) is 5.09. The molecule has 3 unspecified atom stereocenters. The van der Waals surface area contributed by atoms with E-state index in [2.05, 4.69) is 34.6 Å². The molecule has 3 atom stereocenters. The van der Waals surface area contributed by atoms with Crippen molar-refractivity contribution in [2.45, 2.75) is 60.0 Å². The van der Waals surface area contributed by atoms with Gasteiger partial charge < -0.3 is 4.74 Å². The maximum absolute atomic E-state index is 6.00. The Labute approximate surface area is 88.2 Å². The van der Waals surface area contributed by atoms with Crippen LogP contribution < -0.4 is 0 Å². The molecule has 0 amide bonds. The van der Waals surface area contributed by atoms with E-state index in [1.165, 1.54) is 19.3 Å². The summed E-state index contributed by atoms with van der Waals surface area (Å²) in [5.74, 6) is 0.886. The van der Waals surface area contributed by atoms with E-state index < -0.39 is 0 Å². The first-order chi connectivity index (χ1) is 6.38. The molecule has 1 radical (unpaired) electrons. The zero-order valence-electron chi connectivity index (χ0n) is 10.2. The molecule has 2 aliphatic rings. The van der Waals surface area contributed by atoms with Crippen molar-refractivity contribution >= 4 is 0 Å². The highest BCUT2D eigenvalue weighted by atomic mass is 16.5. The van der Waals surface area contributed by atoms with Crippen LogP contribution in [0.3, 0.4) is 0 Å². The van der Waals surface area contributed by atoms with Crippen molar-refractivity contribution in [2.24, 2.45) is 16.7 Å². The van der Waals surface area contributed by atoms with E-state index in [9.17, 15) is 0 Å². The SMILES string of the molecule is C[C](C)OC1CC2CCC1(C)C2(C)C. The number of hydrogen-bond donors (Lipinski definition) is 0. The average molecular weight is 195 g/mol. The van der Waals surface area contributed by atoms with Crippen LogP contribution in [0.2, 0.25) is 0 Å². The number of rotatable bonds is 2. The van der Waals surface area contributed by atoms with Crippen molar-refractivity contribution in [1.82, 2.24) is 0 Å². The van der Waals surface area contributed by atoms with Gasteiger partial charge in [-0.25, -0.2) is 0 Å². The zero-order chi connectivity index (χ0) is 10.6. The summed E-state index contributed by atoms with van der Waals surface area (Å²) in [6.45, 7) is 11.4. The summed E-state index contributed by atoms with van der Waals surface area (Å²) in [5, 5.41) is 0. The second-order valence-electron chi connectivity index (χ2n) is 6.13. The van der Waals surface area contributed by atoms with Crippen LogP contribution in [-0.2, 0) is 4.74 Å². The van der Waals surface area contributed by atoms with E-state index in [1.54, 1.807) is 0 Å². The maximum atomic E-state index is 6.00. The van der Waals surface area contributed by atoms with Gasteiger partial charge in [0.1, 0.15) is 0 Å². The van der Waals surface area contributed by atoms with Crippen molar-refractivity contribution in [3.8, 4) is 0 Å². The zero-order valence-corrected chi connectivity index (χ0v) is 10.2. The minimum atomic E-state index is 0.412. The van der Waals surface area contributed by atoms with Gasteiger partial charge in [-0.2, -0.15) is 0 Å². The fraction of sp³-hybridized carbons (Fsp3) is 0.923. The molecule has 0 N–H and O–H groups in total. The van der Waals surface area contributed by atoms with Crippen LogP contribution in [0.5, 0.6) is 0 Å². The molecule has 0 heterocycles. The van der Waals surface area contributed by atoms with Gasteiger partial charge in [0, 0.05) is 0 Å². The van der Waals surface area contributed by atoms with Crippen LogP contribution in [0, 0.1) is 22.9 Å². The Morgan fingerprint density at radius 2 is 1.86 bits per heavy atom. The van der Waals surface area contributed by atoms with E-state index in [4.69, 9.17) is 4.74 Å². The van der Waals surface area contributed by atoms with Gasteiger partial charge in [0.05, 0.1) is 12.2 Å². The summed E-state index contributed by atoms with van der Waals surface area (Å²) in [5.41, 5.74) is 0.891. The standard InChI is InChI=1S/C13H23O/c1-9(2)14-11-8-10-6-7-13(11,5)12(10,3)4/h10-11H,6-8H2,1-5H3. The molecule has 2 fully saturated rings. The number of fused-ring (bicyclic) bond motifs is 2. The first kappa shape index (κ1) is 10.5. The monoisotopic (exact) mass is 195 g/mol. The topological polar surface area (TPSA) is 9.23 Å². The third kappa shape index (κ3) is 1.18. The van der Waals surface area contributed by atoms with E-state index in [0.717, 1.165) is 12.0 Å². The van der Waals surface area contributed by atoms with Crippen LogP contribution in [-0.4, -0.2) is 6.10 Å². The van der Waals surface area contributed by atoms with Crippen LogP contribution >= 0.6 is 0 Å². The van der Waals surface area contributed by atoms with Gasteiger partial charge in [-0.05, 0) is 49.9 Å². The molecule has 0 aromatic rings. The smallest absolute Gasteiger partial charge is 0.0913 e. The lowest BCUT2D eigenvalue weighted by atomic mass is 9.70. The van der Waals surface area contributed by atoms with Crippen LogP contribution in [0.1, 0.15) is 53.9 Å². The highest BCUT2D eigenvalue weighted by Crippen LogP contribution is 2.66. The summed E-state index contributed by atoms with van der Waals surface area (Å²) in [6, 6.07) is 0. The molecular formula is C13H23O. The highest BCUT2D eigenvalue weighted by molar-refractivity contribution is 5.11. The van der Waals surface area contributed by atoms with Gasteiger partial charge >= 0.3 is 0 Å². The molecule has 2 bridgehead atoms. The second-order valence-corrected chi connectivity index (χ2v) is 6.13. The third-order valence-electron chi connectivity index (χ3n) is 5.09. The van der Waals surface area contributed by atoms with Crippen LogP contribution in [0.25, 0.3) is 0 Å². The molecule has 0 spiro atoms. The minimum absolute atomic E-state index is 0.412. The first-order valence-corrected chi connectivity index (χ1v) is 5.85. The predicted octanol–water partition coefficient (Wildman–Crippen LogP) is 3.79. The largest absolute Gasteiger partial charge is 0.369 e. The minimum Gasteiger partial charge on any atom is -0.369 e. The van der Waals surface area contributed by atoms with Gasteiger partial charge in [-0.3, -0.25) is 0 Å². The Bertz CT molecular complexity index is 231. The number of hydrogen-bond acceptors (Lipinski definition) is 1. The van der Waals surface area contributed by atoms with Crippen molar-refractivity contribution in [3.63, 3.8) is 0 Å². The average Bonchev–Trinajstić information content (AvgIpc) is 2.35. The van der Waals surface area contributed by atoms with Gasteiger partial charge in [-0.15, -0.1) is 0 Å². The Balaban J connectivity index is 2.19. The lowest BCUT2D eigenvalue weighted by molar-refractivity contribution is -0.0353. The van der Waals surface area contributed by atoms with Crippen molar-refractivity contribution in [2.75, 3.05) is 0 Å². The molecule has 2 saturated carbocycles. The van der Waals surface area contributed by atoms with Gasteiger partial charge in [0.15, 0.2) is 0 Å². The molecule has 0 aromatic carbocycles. The molecule has 1 heteroatoms. The summed E-state index contributed by atoms with van der Waals surface area (Å²) >= 11 is 0. The predicted molar refractivity (Wildman–Crippen MR) is 58.7 cm³/mol. The second kappa shape index (κ2) is 2.98. The van der Waals surface area contributed by atoms with E-state index in [1.807, 2.05) is 0 Å². The summed E-state index contributed by atoms with van der Waals surface area (Å²) in [7, 11) is 0. The first-order valence-electron chi connectivity index (χ1n) is 5.85. The summed E-state index contributed by atoms with van der Waals surface area (Å²) in [4.78, 5) is 0. The van der Waals surface area contributed by atoms with Crippen LogP contribution in [0.15, 0.2) is 0 Å². The fourth-order valence-corrected chi connectivity index (χ4v) is 3.59. The van der Waals surface area contributed by atoms with Crippen molar-refractivity contribution in [1.29, 1.82) is 0 Å². The molecule has 1 nitrogen and oxygen atoms in total. The summed E-state index contributed by atoms with van der Waals surface area (Å²) < 4.78 is 6.00. The molecule has 0 aromatic heterocycles. The summed E-state index contributed by atoms with van der Waals surface area (Å²) in [6.07, 6.45) is 5.63. The van der Waals surface area contributed by atoms with Gasteiger partial charge in [0.2, 0.25) is 0 Å². The van der Waals surface area contributed by atoms with Crippen LogP contribution in [0.4, 0.5) is 0 Å². The quantitative estimate of drug-likeness (QED) is 0.651. The van der Waals surface area contributed by atoms with Crippen molar-refractivity contribution in [3.05, 3.63) is 6.10 Å².